The second-order valence-electron chi connectivity index (χ2n) is 7.73. The van der Waals surface area contributed by atoms with Gasteiger partial charge in [-0.2, -0.15) is 0 Å². The molecule has 2 aromatic rings. The van der Waals surface area contributed by atoms with E-state index in [4.69, 9.17) is 0 Å². The molecule has 1 aromatic heterocycles. The Labute approximate surface area is 169 Å². The lowest BCUT2D eigenvalue weighted by Crippen LogP contribution is -2.12. The van der Waals surface area contributed by atoms with Crippen molar-refractivity contribution in [2.24, 2.45) is 4.36 Å². The Balaban J connectivity index is 1.61. The van der Waals surface area contributed by atoms with Crippen LogP contribution in [0, 0.1) is 0 Å². The number of thiazole rings is 1. The average molecular weight is 422 g/mol. The van der Waals surface area contributed by atoms with Gasteiger partial charge in [0.1, 0.15) is 10.6 Å². The molecule has 150 valence electrons. The van der Waals surface area contributed by atoms with Gasteiger partial charge < -0.3 is 15.5 Å². The maximum atomic E-state index is 12.5. The first-order chi connectivity index (χ1) is 13.2. The summed E-state index contributed by atoms with van der Waals surface area (Å²) in [5.41, 5.74) is 3.76. The molecule has 1 aromatic carbocycles. The van der Waals surface area contributed by atoms with Gasteiger partial charge in [0.25, 0.3) is 0 Å². The van der Waals surface area contributed by atoms with Crippen molar-refractivity contribution in [1.82, 2.24) is 4.98 Å². The molecule has 28 heavy (non-hydrogen) atoms. The van der Waals surface area contributed by atoms with Crippen LogP contribution in [0.3, 0.4) is 0 Å². The highest BCUT2D eigenvalue weighted by molar-refractivity contribution is 7.77. The number of urea groups is 1. The highest BCUT2D eigenvalue weighted by atomic mass is 32.2. The predicted molar refractivity (Wildman–Crippen MR) is 108 cm³/mol. The number of aromatic nitrogens is 1. The number of carbonyl (C=O) groups is 1. The average Bonchev–Trinajstić information content (AvgIpc) is 3.34. The number of aliphatic hydroxyl groups is 2. The first-order valence-electron chi connectivity index (χ1n) is 9.28. The smallest absolute Gasteiger partial charge is 0.353 e. The molecular weight excluding hydrogens is 398 g/mol. The highest BCUT2D eigenvalue weighted by Crippen LogP contribution is 2.42. The van der Waals surface area contributed by atoms with E-state index in [-0.39, 0.29) is 4.34 Å². The molecular formula is C19H23N3O4S2. The van der Waals surface area contributed by atoms with Gasteiger partial charge >= 0.3 is 6.03 Å². The van der Waals surface area contributed by atoms with Crippen molar-refractivity contribution in [2.75, 3.05) is 5.32 Å². The van der Waals surface area contributed by atoms with E-state index in [1.54, 1.807) is 13.8 Å². The van der Waals surface area contributed by atoms with Gasteiger partial charge in [-0.15, -0.1) is 15.7 Å². The van der Waals surface area contributed by atoms with Crippen LogP contribution in [0.4, 0.5) is 10.5 Å². The molecule has 0 radical (unpaired) electrons. The molecule has 0 saturated heterocycles. The Bertz CT molecular complexity index is 1030. The van der Waals surface area contributed by atoms with Crippen LogP contribution in [0.1, 0.15) is 59.9 Å². The standard InChI is InChI=1S/C19H23N3O4S2/c1-19(2,25)15-9-20-18(27-15)28(26)22-17(24)21-16-11-5-3-4-10(11)8-13-12(16)6-7-14(13)23/h8-9,14,23,25,28H,3-7H2,1-2H3,(H,21,24). The lowest BCUT2D eigenvalue weighted by Gasteiger charge is -2.15. The van der Waals surface area contributed by atoms with E-state index in [1.807, 2.05) is 0 Å². The van der Waals surface area contributed by atoms with E-state index >= 15 is 0 Å². The Morgan fingerprint density at radius 3 is 2.86 bits per heavy atom. The van der Waals surface area contributed by atoms with Gasteiger partial charge in [0.15, 0.2) is 4.34 Å². The van der Waals surface area contributed by atoms with Gasteiger partial charge in [-0.25, -0.2) is 14.0 Å². The molecule has 0 bridgehead atoms. The third kappa shape index (κ3) is 3.59. The Morgan fingerprint density at radius 2 is 2.14 bits per heavy atom. The van der Waals surface area contributed by atoms with Crippen LogP contribution in [0.15, 0.2) is 21.0 Å². The number of amides is 2. The number of nitrogens with one attached hydrogen (secondary N) is 1. The number of rotatable bonds is 3. The molecule has 0 aliphatic heterocycles. The minimum atomic E-state index is -2.35. The van der Waals surface area contributed by atoms with Crippen LogP contribution >= 0.6 is 11.3 Å². The minimum Gasteiger partial charge on any atom is -0.388 e. The normalized spacial score (nSPS) is 19.5. The van der Waals surface area contributed by atoms with Crippen LogP contribution in [0.25, 0.3) is 0 Å². The number of nitrogens with zero attached hydrogens (tertiary/aromatic N) is 2. The molecule has 0 spiro atoms. The molecule has 1 heterocycles. The zero-order valence-corrected chi connectivity index (χ0v) is 17.4. The number of anilines is 1. The third-order valence-electron chi connectivity index (χ3n) is 5.24. The number of carbonyl (C=O) groups excluding carboxylic acids is 1. The molecule has 2 aliphatic carbocycles. The fourth-order valence-electron chi connectivity index (χ4n) is 3.86. The summed E-state index contributed by atoms with van der Waals surface area (Å²) in [4.78, 5) is 17.1. The molecule has 2 amide bonds. The molecule has 2 unspecified atom stereocenters. The Morgan fingerprint density at radius 1 is 1.36 bits per heavy atom. The summed E-state index contributed by atoms with van der Waals surface area (Å²) in [6, 6.07) is 1.39. The van der Waals surface area contributed by atoms with E-state index in [9.17, 15) is 19.2 Å². The summed E-state index contributed by atoms with van der Waals surface area (Å²) >= 11 is 1.09. The number of hydrogen-bond donors (Lipinski definition) is 4. The lowest BCUT2D eigenvalue weighted by molar-refractivity contribution is 0.0823. The van der Waals surface area contributed by atoms with Gasteiger partial charge in [0, 0.05) is 11.9 Å². The Kier molecular flexibility index (Phi) is 5.03. The SMILES string of the molecule is CC(C)(O)c1cnc(/[SH](=O)=N/C(=O)Nc2c3c(cc4c2CCC4O)CCC3)s1. The van der Waals surface area contributed by atoms with Crippen LogP contribution in [-0.4, -0.2) is 25.4 Å². The number of hydrogen-bond acceptors (Lipinski definition) is 6. The molecule has 9 heteroatoms. The first-order valence-corrected chi connectivity index (χ1v) is 11.3. The van der Waals surface area contributed by atoms with Crippen LogP contribution in [-0.2, 0) is 35.5 Å². The van der Waals surface area contributed by atoms with E-state index < -0.39 is 28.3 Å². The summed E-state index contributed by atoms with van der Waals surface area (Å²) in [7, 11) is -2.35. The zero-order chi connectivity index (χ0) is 20.1. The van der Waals surface area contributed by atoms with Gasteiger partial charge in [0.2, 0.25) is 0 Å². The molecule has 0 saturated carbocycles. The van der Waals surface area contributed by atoms with Crippen LogP contribution < -0.4 is 5.32 Å². The molecule has 0 fully saturated rings. The molecule has 4 rings (SSSR count). The van der Waals surface area contributed by atoms with Gasteiger partial charge in [-0.1, -0.05) is 6.07 Å². The predicted octanol–water partition coefficient (Wildman–Crippen LogP) is 3.09. The van der Waals surface area contributed by atoms with Crippen molar-refractivity contribution >= 4 is 33.7 Å². The number of aryl methyl sites for hydroxylation is 1. The zero-order valence-electron chi connectivity index (χ0n) is 15.7. The fourth-order valence-corrected chi connectivity index (χ4v) is 5.70. The second-order valence-corrected chi connectivity index (χ2v) is 10.2. The summed E-state index contributed by atoms with van der Waals surface area (Å²) in [5, 5.41) is 23.1. The minimum absolute atomic E-state index is 0.209. The van der Waals surface area contributed by atoms with Gasteiger partial charge in [-0.3, -0.25) is 0 Å². The maximum Gasteiger partial charge on any atom is 0.353 e. The van der Waals surface area contributed by atoms with E-state index in [0.29, 0.717) is 17.7 Å². The van der Waals surface area contributed by atoms with Gasteiger partial charge in [-0.05, 0) is 68.2 Å². The molecule has 2 aliphatic rings. The number of fused-ring (bicyclic) bond motifs is 2. The van der Waals surface area contributed by atoms with Crippen molar-refractivity contribution in [1.29, 1.82) is 0 Å². The van der Waals surface area contributed by atoms with E-state index in [0.717, 1.165) is 58.5 Å². The monoisotopic (exact) mass is 421 g/mol. The van der Waals surface area contributed by atoms with Crippen molar-refractivity contribution in [2.45, 2.75) is 62.0 Å². The quantitative estimate of drug-likeness (QED) is 0.569. The molecule has 7 nitrogen and oxygen atoms in total. The van der Waals surface area contributed by atoms with Crippen LogP contribution in [0.2, 0.25) is 0 Å². The van der Waals surface area contributed by atoms with Crippen molar-refractivity contribution in [3.8, 4) is 0 Å². The number of benzene rings is 1. The van der Waals surface area contributed by atoms with Crippen LogP contribution in [0.5, 0.6) is 0 Å². The van der Waals surface area contributed by atoms with Gasteiger partial charge in [0.05, 0.1) is 16.6 Å². The lowest BCUT2D eigenvalue weighted by atomic mass is 9.98. The van der Waals surface area contributed by atoms with Crippen molar-refractivity contribution in [3.63, 3.8) is 0 Å². The fraction of sp³-hybridized carbons (Fsp3) is 0.474. The Hall–Kier alpha value is -1.81. The summed E-state index contributed by atoms with van der Waals surface area (Å²) in [5.74, 6) is 0. The number of aliphatic hydroxyl groups excluding tert-OH is 1. The number of thiol groups is 1. The summed E-state index contributed by atoms with van der Waals surface area (Å²) < 4.78 is 16.4. The summed E-state index contributed by atoms with van der Waals surface area (Å²) in [6.45, 7) is 3.23. The first kappa shape index (κ1) is 19.5. The summed E-state index contributed by atoms with van der Waals surface area (Å²) in [6.07, 6.45) is 5.13. The highest BCUT2D eigenvalue weighted by Gasteiger charge is 2.29. The molecule has 3 N–H and O–H groups in total. The topological polar surface area (TPSA) is 112 Å². The third-order valence-corrected chi connectivity index (χ3v) is 7.90. The maximum absolute atomic E-state index is 12.5. The van der Waals surface area contributed by atoms with E-state index in [2.05, 4.69) is 20.7 Å². The van der Waals surface area contributed by atoms with E-state index in [1.165, 1.54) is 6.20 Å². The molecule has 2 atom stereocenters. The van der Waals surface area contributed by atoms with Crippen molar-refractivity contribution in [3.05, 3.63) is 39.4 Å². The van der Waals surface area contributed by atoms with Crippen molar-refractivity contribution < 1.29 is 19.2 Å². The largest absolute Gasteiger partial charge is 0.388 e. The second kappa shape index (κ2) is 7.22.